The Morgan fingerprint density at radius 2 is 2.17 bits per heavy atom. The zero-order valence-corrected chi connectivity index (χ0v) is 13.3. The molecule has 24 heavy (non-hydrogen) atoms. The fourth-order valence-electron chi connectivity index (χ4n) is 2.79. The molecule has 0 aliphatic heterocycles. The number of hydrogen-bond acceptors (Lipinski definition) is 4. The molecule has 0 bridgehead atoms. The average Bonchev–Trinajstić information content (AvgIpc) is 3.12. The summed E-state index contributed by atoms with van der Waals surface area (Å²) in [6.07, 6.45) is 5.86. The summed E-state index contributed by atoms with van der Waals surface area (Å²) in [4.78, 5) is 12.4. The predicted octanol–water partition coefficient (Wildman–Crippen LogP) is 3.23. The molecule has 0 spiro atoms. The summed E-state index contributed by atoms with van der Waals surface area (Å²) in [6, 6.07) is 11.3. The maximum absolute atomic E-state index is 12.4. The standard InChI is InChI=1S/C18H18N4O2/c1-12(14-5-2-3-6-16(14)22-10-4-9-19-22)20-18(23)17-11-15(21-24-17)13-7-8-13/h2-6,9-13H,7-8H2,1H3,(H,20,23). The zero-order valence-electron chi connectivity index (χ0n) is 13.3. The molecule has 1 saturated carbocycles. The van der Waals surface area contributed by atoms with Gasteiger partial charge in [0, 0.05) is 24.4 Å². The normalized spacial score (nSPS) is 15.2. The Bertz CT molecular complexity index is 850. The Kier molecular flexibility index (Phi) is 3.65. The van der Waals surface area contributed by atoms with Crippen LogP contribution in [0, 0.1) is 0 Å². The van der Waals surface area contributed by atoms with Crippen molar-refractivity contribution in [3.63, 3.8) is 0 Å². The largest absolute Gasteiger partial charge is 0.351 e. The van der Waals surface area contributed by atoms with Crippen LogP contribution < -0.4 is 5.32 Å². The number of rotatable bonds is 5. The molecule has 1 atom stereocenters. The maximum Gasteiger partial charge on any atom is 0.290 e. The number of amides is 1. The molecular weight excluding hydrogens is 304 g/mol. The highest BCUT2D eigenvalue weighted by Crippen LogP contribution is 2.39. The minimum absolute atomic E-state index is 0.188. The van der Waals surface area contributed by atoms with E-state index in [1.807, 2.05) is 43.5 Å². The van der Waals surface area contributed by atoms with Gasteiger partial charge in [-0.15, -0.1) is 0 Å². The number of carbonyl (C=O) groups is 1. The number of carbonyl (C=O) groups excluding carboxylic acids is 1. The topological polar surface area (TPSA) is 73.0 Å². The summed E-state index contributed by atoms with van der Waals surface area (Å²) >= 11 is 0. The molecule has 6 heteroatoms. The minimum Gasteiger partial charge on any atom is -0.351 e. The molecule has 1 aliphatic rings. The molecule has 1 aliphatic carbocycles. The van der Waals surface area contributed by atoms with Crippen molar-refractivity contribution in [2.75, 3.05) is 0 Å². The Balaban J connectivity index is 1.53. The predicted molar refractivity (Wildman–Crippen MR) is 87.9 cm³/mol. The molecule has 1 unspecified atom stereocenters. The third kappa shape index (κ3) is 2.82. The number of aromatic nitrogens is 3. The van der Waals surface area contributed by atoms with Crippen molar-refractivity contribution in [2.45, 2.75) is 31.7 Å². The molecule has 2 aromatic heterocycles. The van der Waals surface area contributed by atoms with Gasteiger partial charge < -0.3 is 9.84 Å². The lowest BCUT2D eigenvalue weighted by molar-refractivity contribution is 0.0902. The zero-order chi connectivity index (χ0) is 16.5. The third-order valence-electron chi connectivity index (χ3n) is 4.25. The third-order valence-corrected chi connectivity index (χ3v) is 4.25. The van der Waals surface area contributed by atoms with E-state index in [2.05, 4.69) is 15.6 Å². The van der Waals surface area contributed by atoms with Gasteiger partial charge in [0.05, 0.1) is 17.4 Å². The molecule has 1 aromatic carbocycles. The number of nitrogens with zero attached hydrogens (tertiary/aromatic N) is 3. The van der Waals surface area contributed by atoms with E-state index in [4.69, 9.17) is 4.52 Å². The Labute approximate surface area is 139 Å². The van der Waals surface area contributed by atoms with E-state index in [0.717, 1.165) is 29.8 Å². The average molecular weight is 322 g/mol. The highest BCUT2D eigenvalue weighted by Gasteiger charge is 2.28. The van der Waals surface area contributed by atoms with Crippen LogP contribution in [-0.2, 0) is 0 Å². The van der Waals surface area contributed by atoms with Crippen LogP contribution in [0.25, 0.3) is 5.69 Å². The van der Waals surface area contributed by atoms with Gasteiger partial charge in [0.25, 0.3) is 5.91 Å². The SMILES string of the molecule is CC(NC(=O)c1cc(C2CC2)no1)c1ccccc1-n1cccn1. The van der Waals surface area contributed by atoms with Crippen LogP contribution in [0.2, 0.25) is 0 Å². The number of para-hydroxylation sites is 1. The van der Waals surface area contributed by atoms with E-state index in [-0.39, 0.29) is 17.7 Å². The Morgan fingerprint density at radius 3 is 2.92 bits per heavy atom. The fraction of sp³-hybridized carbons (Fsp3) is 0.278. The second-order valence-electron chi connectivity index (χ2n) is 6.09. The molecule has 1 N–H and O–H groups in total. The second-order valence-corrected chi connectivity index (χ2v) is 6.09. The van der Waals surface area contributed by atoms with Crippen molar-refractivity contribution in [1.29, 1.82) is 0 Å². The molecule has 2 heterocycles. The molecule has 122 valence electrons. The summed E-state index contributed by atoms with van der Waals surface area (Å²) in [5.41, 5.74) is 2.80. The van der Waals surface area contributed by atoms with E-state index in [9.17, 15) is 4.79 Å². The van der Waals surface area contributed by atoms with E-state index in [1.165, 1.54) is 0 Å². The second kappa shape index (κ2) is 5.96. The molecule has 3 aromatic rings. The molecule has 6 nitrogen and oxygen atoms in total. The lowest BCUT2D eigenvalue weighted by Crippen LogP contribution is -2.27. The molecular formula is C18H18N4O2. The molecule has 0 radical (unpaired) electrons. The van der Waals surface area contributed by atoms with Gasteiger partial charge >= 0.3 is 0 Å². The van der Waals surface area contributed by atoms with Crippen molar-refractivity contribution in [1.82, 2.24) is 20.3 Å². The molecule has 1 amide bonds. The van der Waals surface area contributed by atoms with Gasteiger partial charge in [-0.3, -0.25) is 4.79 Å². The van der Waals surface area contributed by atoms with E-state index in [0.29, 0.717) is 5.92 Å². The van der Waals surface area contributed by atoms with Crippen molar-refractivity contribution in [2.24, 2.45) is 0 Å². The first-order valence-corrected chi connectivity index (χ1v) is 8.09. The van der Waals surface area contributed by atoms with E-state index in [1.54, 1.807) is 16.9 Å². The first kappa shape index (κ1) is 14.7. The minimum atomic E-state index is -0.253. The summed E-state index contributed by atoms with van der Waals surface area (Å²) < 4.78 is 6.98. The molecule has 0 saturated heterocycles. The summed E-state index contributed by atoms with van der Waals surface area (Å²) in [6.45, 7) is 1.94. The van der Waals surface area contributed by atoms with Gasteiger partial charge in [0.15, 0.2) is 0 Å². The number of hydrogen-bond donors (Lipinski definition) is 1. The van der Waals surface area contributed by atoms with Gasteiger partial charge in [-0.25, -0.2) is 4.68 Å². The number of nitrogens with one attached hydrogen (secondary N) is 1. The van der Waals surface area contributed by atoms with Gasteiger partial charge in [-0.2, -0.15) is 5.10 Å². The Morgan fingerprint density at radius 1 is 1.33 bits per heavy atom. The quantitative estimate of drug-likeness (QED) is 0.783. The van der Waals surface area contributed by atoms with Crippen LogP contribution in [-0.4, -0.2) is 20.8 Å². The molecule has 1 fully saturated rings. The van der Waals surface area contributed by atoms with Crippen LogP contribution in [0.3, 0.4) is 0 Å². The van der Waals surface area contributed by atoms with Crippen molar-refractivity contribution in [3.05, 3.63) is 65.8 Å². The van der Waals surface area contributed by atoms with Gasteiger partial charge in [-0.1, -0.05) is 23.4 Å². The van der Waals surface area contributed by atoms with Crippen LogP contribution in [0.4, 0.5) is 0 Å². The van der Waals surface area contributed by atoms with Crippen molar-refractivity contribution >= 4 is 5.91 Å². The highest BCUT2D eigenvalue weighted by molar-refractivity contribution is 5.91. The van der Waals surface area contributed by atoms with E-state index < -0.39 is 0 Å². The van der Waals surface area contributed by atoms with Gasteiger partial charge in [0.2, 0.25) is 5.76 Å². The summed E-state index contributed by atoms with van der Waals surface area (Å²) in [5, 5.41) is 11.2. The van der Waals surface area contributed by atoms with Crippen LogP contribution in [0.15, 0.2) is 53.3 Å². The van der Waals surface area contributed by atoms with E-state index >= 15 is 0 Å². The number of benzene rings is 1. The first-order valence-electron chi connectivity index (χ1n) is 8.09. The smallest absolute Gasteiger partial charge is 0.290 e. The van der Waals surface area contributed by atoms with Crippen LogP contribution in [0.1, 0.15) is 53.5 Å². The Hall–Kier alpha value is -2.89. The monoisotopic (exact) mass is 322 g/mol. The lowest BCUT2D eigenvalue weighted by atomic mass is 10.1. The van der Waals surface area contributed by atoms with Crippen molar-refractivity contribution < 1.29 is 9.32 Å². The van der Waals surface area contributed by atoms with Crippen LogP contribution >= 0.6 is 0 Å². The fourth-order valence-corrected chi connectivity index (χ4v) is 2.79. The lowest BCUT2D eigenvalue weighted by Gasteiger charge is -2.17. The van der Waals surface area contributed by atoms with Gasteiger partial charge in [0.1, 0.15) is 0 Å². The maximum atomic E-state index is 12.4. The first-order chi connectivity index (χ1) is 11.7. The van der Waals surface area contributed by atoms with Crippen LogP contribution in [0.5, 0.6) is 0 Å². The molecule has 4 rings (SSSR count). The van der Waals surface area contributed by atoms with Crippen molar-refractivity contribution in [3.8, 4) is 5.69 Å². The van der Waals surface area contributed by atoms with Gasteiger partial charge in [-0.05, 0) is 37.5 Å². The summed E-state index contributed by atoms with van der Waals surface area (Å²) in [7, 11) is 0. The summed E-state index contributed by atoms with van der Waals surface area (Å²) in [5.74, 6) is 0.478. The highest BCUT2D eigenvalue weighted by atomic mass is 16.5.